The molecule has 0 saturated heterocycles. The second kappa shape index (κ2) is 21.2. The second-order valence-electron chi connectivity index (χ2n) is 25.4. The molecule has 10 aromatic carbocycles. The van der Waals surface area contributed by atoms with Crippen LogP contribution in [-0.2, 0) is 16.2 Å². The molecule has 1 aliphatic heterocycles. The predicted octanol–water partition coefficient (Wildman–Crippen LogP) is 17.8. The molecule has 0 amide bonds. The number of fused-ring (bicyclic) bond motifs is 4. The van der Waals surface area contributed by atoms with E-state index in [4.69, 9.17) is 16.6 Å². The topological polar surface area (TPSA) is 33.5 Å². The molecule has 3 heterocycles. The van der Waals surface area contributed by atoms with Crippen LogP contribution in [0, 0.1) is 0 Å². The quantitative estimate of drug-likeness (QED) is 0.0955. The Bertz CT molecular complexity index is 4530. The standard InChI is InChI=1S/C78H72N4OSi/c1-76(2,3)57-45-58(77(4,5)6)47-60(46-57)81-53-80(72-42-38-56(44-74(72)81)54-26-15-10-16-27-54)59-30-25-31-61(48-59)83-62-39-41-67-68-50-66(84(63-32-19-12-20-33-63,64-34-21-13-22-35-64)65-36-23-14-24-37-65)40-43-71(68)82(73(67)49-62)75-51-70(78(7,8)9)69(52-79-75)55-28-17-11-18-29-55/h10-52H,53H2,1-9H3/i11D,17D,18D,28D,29D. The number of anilines is 4. The second-order valence-corrected chi connectivity index (χ2v) is 29.2. The summed E-state index contributed by atoms with van der Waals surface area (Å²) >= 11 is 0. The van der Waals surface area contributed by atoms with Crippen LogP contribution in [0.3, 0.4) is 0 Å². The molecule has 84 heavy (non-hydrogen) atoms. The molecule has 0 spiro atoms. The van der Waals surface area contributed by atoms with Gasteiger partial charge in [0.1, 0.15) is 24.0 Å². The molecular formula is C78H72N4OSi. The molecule has 12 aromatic rings. The van der Waals surface area contributed by atoms with E-state index in [0.717, 1.165) is 61.2 Å². The van der Waals surface area contributed by atoms with Crippen molar-refractivity contribution >= 4 is 73.4 Å². The summed E-state index contributed by atoms with van der Waals surface area (Å²) in [6, 6.07) is 79.3. The minimum Gasteiger partial charge on any atom is -0.457 e. The summed E-state index contributed by atoms with van der Waals surface area (Å²) in [6.45, 7) is 20.6. The number of benzene rings is 10. The minimum atomic E-state index is -2.98. The normalized spacial score (nSPS) is 13.8. The van der Waals surface area contributed by atoms with E-state index in [1.165, 1.54) is 31.9 Å². The molecule has 0 radical (unpaired) electrons. The minimum absolute atomic E-state index is 0.0649. The lowest BCUT2D eigenvalue weighted by Crippen LogP contribution is -2.74. The van der Waals surface area contributed by atoms with Crippen molar-refractivity contribution in [3.05, 3.63) is 278 Å². The zero-order chi connectivity index (χ0) is 62.3. The van der Waals surface area contributed by atoms with Crippen LogP contribution in [0.2, 0.25) is 0 Å². The summed E-state index contributed by atoms with van der Waals surface area (Å²) in [7, 11) is -2.98. The molecule has 0 saturated carbocycles. The van der Waals surface area contributed by atoms with Crippen molar-refractivity contribution in [3.8, 4) is 39.6 Å². The average Bonchev–Trinajstić information content (AvgIpc) is 1.71. The molecule has 0 unspecified atom stereocenters. The van der Waals surface area contributed by atoms with Crippen LogP contribution in [0.1, 0.15) is 85.9 Å². The molecule has 0 fully saturated rings. The fourth-order valence-corrected chi connectivity index (χ4v) is 17.1. The van der Waals surface area contributed by atoms with Crippen molar-refractivity contribution < 1.29 is 11.6 Å². The Morgan fingerprint density at radius 2 is 1.02 bits per heavy atom. The summed E-state index contributed by atoms with van der Waals surface area (Å²) in [5.74, 6) is 1.93. The van der Waals surface area contributed by atoms with Crippen molar-refractivity contribution in [2.75, 3.05) is 16.5 Å². The molecule has 5 nitrogen and oxygen atoms in total. The SMILES string of the molecule is [2H]c1c([2H])c([2H])c(-c2cnc(-n3c4ccc([Si](c5ccccc5)(c5ccccc5)c5ccccc5)cc4c4ccc(Oc5cccc(N6CN(c7cc(C(C)(C)C)cc(C(C)(C)C)c7)c7cc(-c8ccccc8)ccc76)c5)cc43)cc2C(C)(C)C)c([2H])c1[2H]. The van der Waals surface area contributed by atoms with E-state index in [0.29, 0.717) is 29.5 Å². The Morgan fingerprint density at radius 1 is 0.429 bits per heavy atom. The molecule has 0 bridgehead atoms. The highest BCUT2D eigenvalue weighted by atomic mass is 28.3. The molecule has 0 aliphatic carbocycles. The van der Waals surface area contributed by atoms with Gasteiger partial charge < -0.3 is 14.5 Å². The molecule has 0 N–H and O–H groups in total. The molecule has 13 rings (SSSR count). The highest BCUT2D eigenvalue weighted by Gasteiger charge is 2.42. The summed E-state index contributed by atoms with van der Waals surface area (Å²) in [5, 5.41) is 7.07. The van der Waals surface area contributed by atoms with Gasteiger partial charge in [0.2, 0.25) is 0 Å². The Labute approximate surface area is 504 Å². The van der Waals surface area contributed by atoms with Crippen LogP contribution in [-0.4, -0.2) is 24.3 Å². The first kappa shape index (κ1) is 48.3. The summed E-state index contributed by atoms with van der Waals surface area (Å²) in [4.78, 5) is 10.0. The number of nitrogens with zero attached hydrogens (tertiary/aromatic N) is 4. The van der Waals surface area contributed by atoms with Gasteiger partial charge in [-0.15, -0.1) is 0 Å². The Balaban J connectivity index is 0.974. The van der Waals surface area contributed by atoms with E-state index in [1.54, 1.807) is 6.20 Å². The average molecular weight is 1110 g/mol. The van der Waals surface area contributed by atoms with Crippen molar-refractivity contribution in [3.63, 3.8) is 0 Å². The fraction of sp³-hybridized carbons (Fsp3) is 0.167. The third kappa shape index (κ3) is 9.88. The van der Waals surface area contributed by atoms with Gasteiger partial charge in [0.15, 0.2) is 8.07 Å². The van der Waals surface area contributed by atoms with Gasteiger partial charge in [0, 0.05) is 46.0 Å². The van der Waals surface area contributed by atoms with E-state index in [9.17, 15) is 0 Å². The third-order valence-corrected chi connectivity index (χ3v) is 21.5. The summed E-state index contributed by atoms with van der Waals surface area (Å²) in [5.41, 5.74) is 11.8. The zero-order valence-electron chi connectivity index (χ0n) is 54.3. The van der Waals surface area contributed by atoms with Gasteiger partial charge in [-0.05, 0) is 131 Å². The number of rotatable bonds is 11. The molecule has 1 aliphatic rings. The van der Waals surface area contributed by atoms with Crippen molar-refractivity contribution in [2.45, 2.75) is 78.6 Å². The third-order valence-electron chi connectivity index (χ3n) is 16.8. The first-order chi connectivity index (χ1) is 42.6. The van der Waals surface area contributed by atoms with E-state index in [-0.39, 0.29) is 40.6 Å². The first-order valence-electron chi connectivity index (χ1n) is 31.6. The van der Waals surface area contributed by atoms with Crippen LogP contribution in [0.15, 0.2) is 261 Å². The molecule has 2 aromatic heterocycles. The summed E-state index contributed by atoms with van der Waals surface area (Å²) < 4.78 is 53.0. The largest absolute Gasteiger partial charge is 0.457 e. The molecule has 414 valence electrons. The van der Waals surface area contributed by atoms with Crippen molar-refractivity contribution in [1.29, 1.82) is 0 Å². The Kier molecular flexibility index (Phi) is 12.2. The van der Waals surface area contributed by atoms with Crippen LogP contribution in [0.4, 0.5) is 22.7 Å². The van der Waals surface area contributed by atoms with E-state index in [1.807, 2.05) is 12.1 Å². The maximum atomic E-state index is 9.06. The number of ether oxygens (including phenoxy) is 1. The van der Waals surface area contributed by atoms with Gasteiger partial charge in [-0.2, -0.15) is 0 Å². The molecule has 6 heteroatoms. The van der Waals surface area contributed by atoms with Crippen LogP contribution in [0.25, 0.3) is 49.9 Å². The van der Waals surface area contributed by atoms with E-state index in [2.05, 4.69) is 289 Å². The lowest BCUT2D eigenvalue weighted by Gasteiger charge is -2.34. The Morgan fingerprint density at radius 3 is 1.63 bits per heavy atom. The van der Waals surface area contributed by atoms with Gasteiger partial charge in [0.05, 0.1) is 29.3 Å². The smallest absolute Gasteiger partial charge is 0.179 e. The zero-order valence-corrected chi connectivity index (χ0v) is 50.3. The van der Waals surface area contributed by atoms with Crippen molar-refractivity contribution in [1.82, 2.24) is 9.55 Å². The monoisotopic (exact) mass is 1110 g/mol. The van der Waals surface area contributed by atoms with Gasteiger partial charge in [-0.25, -0.2) is 4.98 Å². The number of pyridine rings is 1. The highest BCUT2D eigenvalue weighted by Crippen LogP contribution is 2.48. The van der Waals surface area contributed by atoms with E-state index >= 15 is 0 Å². The predicted molar refractivity (Wildman–Crippen MR) is 358 cm³/mol. The van der Waals surface area contributed by atoms with Crippen LogP contribution < -0.4 is 35.3 Å². The highest BCUT2D eigenvalue weighted by molar-refractivity contribution is 7.20. The molecular weight excluding hydrogens is 1040 g/mol. The maximum absolute atomic E-state index is 9.06. The van der Waals surface area contributed by atoms with Gasteiger partial charge >= 0.3 is 0 Å². The van der Waals surface area contributed by atoms with Crippen molar-refractivity contribution in [2.24, 2.45) is 0 Å². The molecule has 0 atom stereocenters. The lowest BCUT2D eigenvalue weighted by molar-refractivity contribution is 0.483. The lowest BCUT2D eigenvalue weighted by atomic mass is 9.80. The fourth-order valence-electron chi connectivity index (χ4n) is 12.4. The van der Waals surface area contributed by atoms with Crippen LogP contribution >= 0.6 is 0 Å². The van der Waals surface area contributed by atoms with Gasteiger partial charge in [-0.3, -0.25) is 4.57 Å². The van der Waals surface area contributed by atoms with E-state index < -0.39 is 19.5 Å². The Hall–Kier alpha value is -9.23. The van der Waals surface area contributed by atoms with Gasteiger partial charge in [0.25, 0.3) is 0 Å². The number of hydrogen-bond acceptors (Lipinski definition) is 4. The summed E-state index contributed by atoms with van der Waals surface area (Å²) in [6.07, 6.45) is 1.69. The number of aromatic nitrogens is 2. The first-order valence-corrected chi connectivity index (χ1v) is 31.1. The van der Waals surface area contributed by atoms with Crippen LogP contribution in [0.5, 0.6) is 11.5 Å². The number of hydrogen-bond donors (Lipinski definition) is 0. The maximum Gasteiger partial charge on any atom is 0.179 e. The van der Waals surface area contributed by atoms with Gasteiger partial charge in [-0.1, -0.05) is 244 Å².